The van der Waals surface area contributed by atoms with E-state index in [9.17, 15) is 14.7 Å². The van der Waals surface area contributed by atoms with Crippen LogP contribution in [0, 0.1) is 5.92 Å². The van der Waals surface area contributed by atoms with Gasteiger partial charge in [0, 0.05) is 12.5 Å². The number of rotatable bonds is 10. The summed E-state index contributed by atoms with van der Waals surface area (Å²) in [7, 11) is 0. The van der Waals surface area contributed by atoms with Crippen LogP contribution in [0.1, 0.15) is 32.6 Å². The third kappa shape index (κ3) is 7.22. The normalized spacial score (nSPS) is 17.5. The quantitative estimate of drug-likeness (QED) is 0.336. The van der Waals surface area contributed by atoms with Crippen LogP contribution in [-0.2, 0) is 9.59 Å². The first-order valence-electron chi connectivity index (χ1n) is 6.45. The minimum atomic E-state index is -1.07. The molecule has 19 heavy (non-hydrogen) atoms. The lowest BCUT2D eigenvalue weighted by Crippen LogP contribution is -2.37. The Morgan fingerprint density at radius 2 is 1.58 bits per heavy atom. The Hall–Kier alpha value is -1.02. The van der Waals surface area contributed by atoms with Gasteiger partial charge in [-0.3, -0.25) is 9.59 Å². The first kappa shape index (κ1) is 18.0. The van der Waals surface area contributed by atoms with Gasteiger partial charge in [-0.15, -0.1) is 0 Å². The summed E-state index contributed by atoms with van der Waals surface area (Å²) in [5, 5.41) is 17.9. The molecule has 1 unspecified atom stereocenters. The molecule has 0 aliphatic rings. The van der Waals surface area contributed by atoms with Crippen LogP contribution in [0.2, 0.25) is 0 Å². The first-order chi connectivity index (χ1) is 8.79. The molecule has 0 aliphatic heterocycles. The lowest BCUT2D eigenvalue weighted by Gasteiger charge is -2.18. The van der Waals surface area contributed by atoms with Crippen molar-refractivity contribution in [1.29, 1.82) is 0 Å². The van der Waals surface area contributed by atoms with Gasteiger partial charge in [0.1, 0.15) is 6.04 Å². The molecule has 0 spiro atoms. The molecule has 7 heteroatoms. The Labute approximate surface area is 113 Å². The molecule has 112 valence electrons. The van der Waals surface area contributed by atoms with Crippen molar-refractivity contribution in [3.05, 3.63) is 0 Å². The Balaban J connectivity index is 4.07. The van der Waals surface area contributed by atoms with Crippen LogP contribution in [-0.4, -0.2) is 46.7 Å². The molecule has 4 atom stereocenters. The zero-order valence-electron chi connectivity index (χ0n) is 11.3. The maximum Gasteiger partial charge on any atom is 0.320 e. The number of aliphatic hydroxyl groups excluding tert-OH is 1. The molecule has 0 saturated carbocycles. The first-order valence-corrected chi connectivity index (χ1v) is 6.45. The van der Waals surface area contributed by atoms with E-state index in [1.54, 1.807) is 6.92 Å². The average molecular weight is 275 g/mol. The zero-order valence-corrected chi connectivity index (χ0v) is 11.3. The molecule has 8 N–H and O–H groups in total. The highest BCUT2D eigenvalue weighted by Gasteiger charge is 2.22. The molecule has 0 radical (unpaired) electrons. The second-order valence-corrected chi connectivity index (χ2v) is 4.90. The maximum atomic E-state index is 11.9. The molecule has 0 saturated heterocycles. The fourth-order valence-electron chi connectivity index (χ4n) is 1.69. The predicted octanol–water partition coefficient (Wildman–Crippen LogP) is -1.19. The predicted molar refractivity (Wildman–Crippen MR) is 71.3 cm³/mol. The van der Waals surface area contributed by atoms with Gasteiger partial charge in [0.15, 0.2) is 5.78 Å². The highest BCUT2D eigenvalue weighted by molar-refractivity contribution is 5.85. The van der Waals surface area contributed by atoms with Crippen LogP contribution in [0.25, 0.3) is 0 Å². The fraction of sp³-hybridized carbons (Fsp3) is 0.833. The number of nitrogens with two attached hydrogens (primary N) is 3. The number of hydrogen-bond donors (Lipinski definition) is 5. The van der Waals surface area contributed by atoms with Crippen LogP contribution in [0.3, 0.4) is 0 Å². The molecular weight excluding hydrogens is 250 g/mol. The smallest absolute Gasteiger partial charge is 0.320 e. The van der Waals surface area contributed by atoms with Crippen molar-refractivity contribution in [2.45, 2.75) is 50.8 Å². The third-order valence-electron chi connectivity index (χ3n) is 3.16. The molecule has 7 nitrogen and oxygen atoms in total. The van der Waals surface area contributed by atoms with Crippen LogP contribution < -0.4 is 17.2 Å². The van der Waals surface area contributed by atoms with Crippen molar-refractivity contribution in [2.24, 2.45) is 23.1 Å². The summed E-state index contributed by atoms with van der Waals surface area (Å²) in [5.41, 5.74) is 16.4. The molecule has 0 amide bonds. The van der Waals surface area contributed by atoms with Crippen molar-refractivity contribution in [3.8, 4) is 0 Å². The van der Waals surface area contributed by atoms with Gasteiger partial charge in [-0.25, -0.2) is 0 Å². The van der Waals surface area contributed by atoms with Gasteiger partial charge in [0.2, 0.25) is 0 Å². The number of aliphatic carboxylic acids is 1. The topological polar surface area (TPSA) is 153 Å². The van der Waals surface area contributed by atoms with Gasteiger partial charge < -0.3 is 27.4 Å². The van der Waals surface area contributed by atoms with E-state index >= 15 is 0 Å². The van der Waals surface area contributed by atoms with E-state index in [2.05, 4.69) is 0 Å². The molecular formula is C12H25N3O4. The van der Waals surface area contributed by atoms with E-state index < -0.39 is 24.2 Å². The van der Waals surface area contributed by atoms with Crippen molar-refractivity contribution in [3.63, 3.8) is 0 Å². The number of Topliss-reactive ketones (excluding diaryl/α,β-unsaturated/α-hetero) is 1. The number of hydrogen-bond acceptors (Lipinski definition) is 6. The van der Waals surface area contributed by atoms with Gasteiger partial charge in [0.05, 0.1) is 12.1 Å². The second-order valence-electron chi connectivity index (χ2n) is 4.90. The molecule has 0 aromatic carbocycles. The third-order valence-corrected chi connectivity index (χ3v) is 3.16. The maximum absolute atomic E-state index is 11.9. The lowest BCUT2D eigenvalue weighted by molar-refractivity contribution is -0.139. The summed E-state index contributed by atoms with van der Waals surface area (Å²) in [4.78, 5) is 22.5. The number of carboxylic acids is 1. The monoisotopic (exact) mass is 275 g/mol. The Morgan fingerprint density at radius 1 is 1.05 bits per heavy atom. The van der Waals surface area contributed by atoms with Gasteiger partial charge in [-0.2, -0.15) is 0 Å². The highest BCUT2D eigenvalue weighted by Crippen LogP contribution is 2.13. The molecule has 0 aromatic rings. The van der Waals surface area contributed by atoms with E-state index in [0.717, 1.165) is 0 Å². The van der Waals surface area contributed by atoms with Crippen LogP contribution in [0.15, 0.2) is 0 Å². The minimum Gasteiger partial charge on any atom is -0.480 e. The Kier molecular flexibility index (Phi) is 8.49. The standard InChI is InChI=1S/C12H25N3O4/c1-7(2-4-10(15)12(18)19)11(17)9(14)5-3-8(16)6-13/h7-10,16H,2-6,13-15H2,1H3,(H,18,19)/t7?,8-,9+,10+/m1/s1. The molecule has 0 aliphatic carbocycles. The molecule has 0 rings (SSSR count). The van der Waals surface area contributed by atoms with Crippen molar-refractivity contribution >= 4 is 11.8 Å². The average Bonchev–Trinajstić information content (AvgIpc) is 2.39. The molecule has 0 heterocycles. The summed E-state index contributed by atoms with van der Waals surface area (Å²) in [6, 6.07) is -1.61. The van der Waals surface area contributed by atoms with Crippen molar-refractivity contribution in [1.82, 2.24) is 0 Å². The summed E-state index contributed by atoms with van der Waals surface area (Å²) in [6.07, 6.45) is 0.728. The number of carbonyl (C=O) groups is 2. The van der Waals surface area contributed by atoms with Gasteiger partial charge in [0.25, 0.3) is 0 Å². The molecule has 0 bridgehead atoms. The largest absolute Gasteiger partial charge is 0.480 e. The number of carbonyl (C=O) groups excluding carboxylic acids is 1. The van der Waals surface area contributed by atoms with E-state index in [-0.39, 0.29) is 24.7 Å². The van der Waals surface area contributed by atoms with Gasteiger partial charge in [-0.1, -0.05) is 6.92 Å². The van der Waals surface area contributed by atoms with Crippen LogP contribution in [0.4, 0.5) is 0 Å². The van der Waals surface area contributed by atoms with E-state index in [0.29, 0.717) is 19.3 Å². The summed E-state index contributed by atoms with van der Waals surface area (Å²) in [5.74, 6) is -1.55. The van der Waals surface area contributed by atoms with Crippen molar-refractivity contribution < 1.29 is 19.8 Å². The summed E-state index contributed by atoms with van der Waals surface area (Å²) in [6.45, 7) is 1.85. The highest BCUT2D eigenvalue weighted by atomic mass is 16.4. The van der Waals surface area contributed by atoms with Crippen LogP contribution >= 0.6 is 0 Å². The Morgan fingerprint density at radius 3 is 2.05 bits per heavy atom. The molecule has 0 fully saturated rings. The van der Waals surface area contributed by atoms with E-state index in [1.165, 1.54) is 0 Å². The fourth-order valence-corrected chi connectivity index (χ4v) is 1.69. The van der Waals surface area contributed by atoms with E-state index in [1.807, 2.05) is 0 Å². The molecule has 0 aromatic heterocycles. The lowest BCUT2D eigenvalue weighted by atomic mass is 9.91. The minimum absolute atomic E-state index is 0.137. The SMILES string of the molecule is CC(CC[C@H](N)C(=O)O)C(=O)[C@@H](N)CC[C@@H](O)CN. The Bertz CT molecular complexity index is 299. The van der Waals surface area contributed by atoms with Crippen molar-refractivity contribution in [2.75, 3.05) is 6.54 Å². The van der Waals surface area contributed by atoms with Crippen LogP contribution in [0.5, 0.6) is 0 Å². The number of ketones is 1. The second kappa shape index (κ2) is 8.98. The number of aliphatic hydroxyl groups is 1. The zero-order chi connectivity index (χ0) is 15.0. The van der Waals surface area contributed by atoms with Gasteiger partial charge >= 0.3 is 5.97 Å². The van der Waals surface area contributed by atoms with E-state index in [4.69, 9.17) is 22.3 Å². The summed E-state index contributed by atoms with van der Waals surface area (Å²) >= 11 is 0. The summed E-state index contributed by atoms with van der Waals surface area (Å²) < 4.78 is 0. The van der Waals surface area contributed by atoms with Gasteiger partial charge in [-0.05, 0) is 25.7 Å². The number of carboxylic acid groups (broad SMARTS) is 1.